The average Bonchev–Trinajstić information content (AvgIpc) is 2.72. The third-order valence-corrected chi connectivity index (χ3v) is 4.08. The van der Waals surface area contributed by atoms with Gasteiger partial charge in [0.1, 0.15) is 0 Å². The molecule has 6 heteroatoms. The summed E-state index contributed by atoms with van der Waals surface area (Å²) >= 11 is 12.5. The topological polar surface area (TPSA) is 48.8 Å². The minimum atomic E-state index is 0.357. The van der Waals surface area contributed by atoms with E-state index in [2.05, 4.69) is 21.1 Å². The summed E-state index contributed by atoms with van der Waals surface area (Å²) in [4.78, 5) is 0. The molecule has 0 heterocycles. The Morgan fingerprint density at radius 3 is 1.23 bits per heavy atom. The van der Waals surface area contributed by atoms with Crippen molar-refractivity contribution >= 4 is 44.9 Å². The van der Waals surface area contributed by atoms with Gasteiger partial charge in [0.25, 0.3) is 0 Å². The summed E-state index contributed by atoms with van der Waals surface area (Å²) in [5, 5.41) is 9.06. The van der Waals surface area contributed by atoms with Crippen molar-refractivity contribution in [1.82, 2.24) is 0 Å². The van der Waals surface area contributed by atoms with Crippen molar-refractivity contribution in [3.63, 3.8) is 0 Å². The van der Waals surface area contributed by atoms with Crippen LogP contribution in [0, 0.1) is 0 Å². The van der Waals surface area contributed by atoms with Gasteiger partial charge in [-0.3, -0.25) is 10.9 Å². The van der Waals surface area contributed by atoms with Crippen LogP contribution in [0.5, 0.6) is 0 Å². The maximum atomic E-state index is 6.24. The summed E-state index contributed by atoms with van der Waals surface area (Å²) in [5.74, 6) is 0. The van der Waals surface area contributed by atoms with Crippen LogP contribution in [0.2, 0.25) is 0 Å². The van der Waals surface area contributed by atoms with Crippen LogP contribution in [0.1, 0.15) is 11.1 Å². The largest absolute Gasteiger partial charge is 0.277 e. The molecule has 130 valence electrons. The maximum absolute atomic E-state index is 6.24. The molecular weight excluding hydrogens is 367 g/mol. The summed E-state index contributed by atoms with van der Waals surface area (Å²) in [5.41, 5.74) is 9.11. The van der Waals surface area contributed by atoms with Crippen LogP contribution < -0.4 is 10.9 Å². The lowest BCUT2D eigenvalue weighted by atomic mass is 10.1. The first-order valence-electron chi connectivity index (χ1n) is 7.92. The first-order chi connectivity index (χ1) is 12.7. The number of hydrazone groups is 2. The zero-order chi connectivity index (χ0) is 18.2. The smallest absolute Gasteiger partial charge is 0.156 e. The summed E-state index contributed by atoms with van der Waals surface area (Å²) in [6, 6.07) is 26.6. The lowest BCUT2D eigenvalue weighted by molar-refractivity contribution is 1.34. The molecule has 0 aliphatic heterocycles. The number of nitrogens with zero attached hydrogens (tertiary/aromatic N) is 2. The first-order valence-corrected chi connectivity index (χ1v) is 8.67. The van der Waals surface area contributed by atoms with Crippen molar-refractivity contribution in [2.24, 2.45) is 10.2 Å². The Morgan fingerprint density at radius 1 is 0.538 bits per heavy atom. The van der Waals surface area contributed by atoms with Crippen molar-refractivity contribution in [3.8, 4) is 0 Å². The molecule has 3 aromatic carbocycles. The van der Waals surface area contributed by atoms with E-state index in [-0.39, 0.29) is 0 Å². The van der Waals surface area contributed by atoms with Gasteiger partial charge in [0.2, 0.25) is 0 Å². The van der Waals surface area contributed by atoms with Crippen molar-refractivity contribution in [2.75, 3.05) is 10.9 Å². The third-order valence-electron chi connectivity index (χ3n) is 3.48. The molecular formula is C20H16Cl2N4. The second-order valence-electron chi connectivity index (χ2n) is 5.34. The van der Waals surface area contributed by atoms with Crippen LogP contribution in [0.15, 0.2) is 95.1 Å². The molecule has 26 heavy (non-hydrogen) atoms. The van der Waals surface area contributed by atoms with Gasteiger partial charge in [-0.05, 0) is 24.3 Å². The Kier molecular flexibility index (Phi) is 6.25. The van der Waals surface area contributed by atoms with E-state index in [1.54, 1.807) is 0 Å². The van der Waals surface area contributed by atoms with E-state index in [9.17, 15) is 0 Å². The Hall–Kier alpha value is -2.82. The zero-order valence-corrected chi connectivity index (χ0v) is 15.2. The fourth-order valence-corrected chi connectivity index (χ4v) is 2.46. The van der Waals surface area contributed by atoms with E-state index in [4.69, 9.17) is 23.2 Å². The molecule has 4 nitrogen and oxygen atoms in total. The number of rotatable bonds is 6. The molecule has 0 radical (unpaired) electrons. The Labute approximate surface area is 162 Å². The van der Waals surface area contributed by atoms with E-state index in [0.717, 1.165) is 22.5 Å². The normalized spacial score (nSPS) is 11.9. The Bertz CT molecular complexity index is 816. The Morgan fingerprint density at radius 2 is 0.885 bits per heavy atom. The van der Waals surface area contributed by atoms with Crippen LogP contribution in [0.25, 0.3) is 0 Å². The molecule has 0 amide bonds. The zero-order valence-electron chi connectivity index (χ0n) is 13.7. The van der Waals surface area contributed by atoms with Gasteiger partial charge in [-0.15, -0.1) is 0 Å². The molecule has 3 aromatic rings. The minimum Gasteiger partial charge on any atom is -0.277 e. The third kappa shape index (κ3) is 5.09. The number of hydrogen-bond donors (Lipinski definition) is 2. The number of hydrogen-bond acceptors (Lipinski definition) is 4. The molecule has 0 spiro atoms. The molecule has 0 fully saturated rings. The van der Waals surface area contributed by atoms with E-state index in [1.165, 1.54) is 0 Å². The molecule has 0 saturated carbocycles. The molecule has 0 saturated heterocycles. The van der Waals surface area contributed by atoms with Gasteiger partial charge in [-0.1, -0.05) is 83.9 Å². The lowest BCUT2D eigenvalue weighted by Gasteiger charge is -2.04. The fraction of sp³-hybridized carbons (Fsp3) is 0. The lowest BCUT2D eigenvalue weighted by Crippen LogP contribution is -2.00. The number of para-hydroxylation sites is 2. The highest BCUT2D eigenvalue weighted by Gasteiger charge is 2.04. The number of nitrogens with one attached hydrogen (secondary N) is 2. The van der Waals surface area contributed by atoms with Crippen LogP contribution >= 0.6 is 23.2 Å². The highest BCUT2D eigenvalue weighted by molar-refractivity contribution is 6.70. The molecule has 3 rings (SSSR count). The Balaban J connectivity index is 1.65. The average molecular weight is 383 g/mol. The standard InChI is InChI=1S/C20H16Cl2N4/c21-19(25-23-17-7-3-1-4-8-17)15-11-13-16(14-12-15)20(22)26-24-18-9-5-2-6-10-18/h1-14,23-24H/b25-19-,26-20-. The highest BCUT2D eigenvalue weighted by Crippen LogP contribution is 2.13. The maximum Gasteiger partial charge on any atom is 0.156 e. The van der Waals surface area contributed by atoms with Crippen molar-refractivity contribution < 1.29 is 0 Å². The van der Waals surface area contributed by atoms with Gasteiger partial charge in [0, 0.05) is 11.1 Å². The summed E-state index contributed by atoms with van der Waals surface area (Å²) in [6.45, 7) is 0. The first kappa shape index (κ1) is 18.0. The van der Waals surface area contributed by atoms with Crippen molar-refractivity contribution in [2.45, 2.75) is 0 Å². The molecule has 0 aliphatic carbocycles. The predicted molar refractivity (Wildman–Crippen MR) is 111 cm³/mol. The van der Waals surface area contributed by atoms with E-state index >= 15 is 0 Å². The van der Waals surface area contributed by atoms with Gasteiger partial charge in [-0.2, -0.15) is 10.2 Å². The van der Waals surface area contributed by atoms with Crippen molar-refractivity contribution in [3.05, 3.63) is 96.1 Å². The van der Waals surface area contributed by atoms with Crippen LogP contribution in [-0.4, -0.2) is 10.3 Å². The van der Waals surface area contributed by atoms with E-state index < -0.39 is 0 Å². The van der Waals surface area contributed by atoms with Gasteiger partial charge in [0.05, 0.1) is 11.4 Å². The number of halogens is 2. The molecule has 0 atom stereocenters. The van der Waals surface area contributed by atoms with Gasteiger partial charge >= 0.3 is 0 Å². The quantitative estimate of drug-likeness (QED) is 0.423. The van der Waals surface area contributed by atoms with Gasteiger partial charge in [-0.25, -0.2) is 0 Å². The number of anilines is 2. The van der Waals surface area contributed by atoms with Crippen LogP contribution in [-0.2, 0) is 0 Å². The SMILES string of the molecule is Cl/C(=N\Nc1ccccc1)c1ccc(/C(Cl)=N/Nc2ccccc2)cc1. The van der Waals surface area contributed by atoms with Crippen LogP contribution in [0.4, 0.5) is 11.4 Å². The molecule has 0 aromatic heterocycles. The summed E-state index contributed by atoms with van der Waals surface area (Å²) in [6.07, 6.45) is 0. The van der Waals surface area contributed by atoms with Crippen molar-refractivity contribution in [1.29, 1.82) is 0 Å². The molecule has 2 N–H and O–H groups in total. The van der Waals surface area contributed by atoms with Crippen LogP contribution in [0.3, 0.4) is 0 Å². The molecule has 0 bridgehead atoms. The summed E-state index contributed by atoms with van der Waals surface area (Å²) < 4.78 is 0. The molecule has 0 aliphatic rings. The van der Waals surface area contributed by atoms with E-state index in [0.29, 0.717) is 10.3 Å². The molecule has 0 unspecified atom stereocenters. The van der Waals surface area contributed by atoms with Gasteiger partial charge in [0.15, 0.2) is 10.3 Å². The minimum absolute atomic E-state index is 0.357. The second-order valence-corrected chi connectivity index (χ2v) is 6.05. The van der Waals surface area contributed by atoms with Gasteiger partial charge < -0.3 is 0 Å². The highest BCUT2D eigenvalue weighted by atomic mass is 35.5. The predicted octanol–water partition coefficient (Wildman–Crippen LogP) is 5.71. The summed E-state index contributed by atoms with van der Waals surface area (Å²) in [7, 11) is 0. The monoisotopic (exact) mass is 382 g/mol. The van der Waals surface area contributed by atoms with E-state index in [1.807, 2.05) is 84.9 Å². The number of benzene rings is 3. The fourth-order valence-electron chi connectivity index (χ4n) is 2.13. The second kappa shape index (κ2) is 9.04.